The van der Waals surface area contributed by atoms with Gasteiger partial charge in [0.05, 0.1) is 22.2 Å². The van der Waals surface area contributed by atoms with E-state index in [4.69, 9.17) is 0 Å². The molecule has 1 fully saturated rings. The summed E-state index contributed by atoms with van der Waals surface area (Å²) in [4.78, 5) is 45.2. The second-order valence-electron chi connectivity index (χ2n) is 8.93. The highest BCUT2D eigenvalue weighted by atomic mass is 16.6. The Kier molecular flexibility index (Phi) is 6.40. The molecule has 1 aromatic carbocycles. The minimum Gasteiger partial charge on any atom is -0.505 e. The van der Waals surface area contributed by atoms with Crippen molar-refractivity contribution >= 4 is 28.8 Å². The first-order valence-corrected chi connectivity index (χ1v) is 11.2. The molecule has 10 nitrogen and oxygen atoms in total. The van der Waals surface area contributed by atoms with Crippen LogP contribution in [0, 0.1) is 24.0 Å². The number of aliphatic hydroxyl groups is 1. The lowest BCUT2D eigenvalue weighted by Crippen LogP contribution is -2.32. The number of hydrogen-bond donors (Lipinski definition) is 1. The monoisotopic (exact) mass is 477 g/mol. The third kappa shape index (κ3) is 4.28. The third-order valence-corrected chi connectivity index (χ3v) is 6.18. The van der Waals surface area contributed by atoms with Crippen molar-refractivity contribution < 1.29 is 19.6 Å². The van der Waals surface area contributed by atoms with Crippen LogP contribution in [0.2, 0.25) is 0 Å². The van der Waals surface area contributed by atoms with E-state index in [1.807, 2.05) is 32.0 Å². The zero-order valence-electron chi connectivity index (χ0n) is 20.1. The van der Waals surface area contributed by atoms with Gasteiger partial charge in [-0.25, -0.2) is 4.98 Å². The molecule has 182 valence electrons. The zero-order chi connectivity index (χ0) is 25.4. The number of pyridine rings is 1. The quantitative estimate of drug-likeness (QED) is 0.182. The van der Waals surface area contributed by atoms with Gasteiger partial charge in [0.25, 0.3) is 17.4 Å². The Balaban J connectivity index is 1.92. The molecule has 3 heterocycles. The van der Waals surface area contributed by atoms with Crippen LogP contribution in [0.25, 0.3) is 11.4 Å². The Bertz CT molecular complexity index is 1370. The average Bonchev–Trinajstić information content (AvgIpc) is 3.28. The molecule has 0 bridgehead atoms. The van der Waals surface area contributed by atoms with E-state index in [9.17, 15) is 24.8 Å². The first-order chi connectivity index (χ1) is 16.6. The number of nitrogens with zero attached hydrogens (tertiary/aromatic N) is 5. The van der Waals surface area contributed by atoms with Gasteiger partial charge in [-0.3, -0.25) is 24.1 Å². The molecule has 1 atom stereocenters. The number of nitro benzene ring substituents is 1. The van der Waals surface area contributed by atoms with Crippen LogP contribution in [-0.2, 0) is 9.59 Å². The fourth-order valence-electron chi connectivity index (χ4n) is 4.55. The van der Waals surface area contributed by atoms with E-state index < -0.39 is 22.7 Å². The number of aliphatic hydroxyl groups excluding tert-OH is 1. The predicted molar refractivity (Wildman–Crippen MR) is 130 cm³/mol. The Labute approximate surface area is 202 Å². The highest BCUT2D eigenvalue weighted by molar-refractivity contribution is 6.46. The molecule has 0 aliphatic carbocycles. The molecule has 1 aliphatic rings. The topological polar surface area (TPSA) is 121 Å². The van der Waals surface area contributed by atoms with Crippen LogP contribution in [0.5, 0.6) is 0 Å². The van der Waals surface area contributed by atoms with Gasteiger partial charge in [0.2, 0.25) is 0 Å². The predicted octanol–water partition coefficient (Wildman–Crippen LogP) is 3.23. The van der Waals surface area contributed by atoms with E-state index in [2.05, 4.69) is 4.98 Å². The van der Waals surface area contributed by atoms with E-state index in [-0.39, 0.29) is 23.6 Å². The first-order valence-electron chi connectivity index (χ1n) is 11.2. The van der Waals surface area contributed by atoms with Crippen molar-refractivity contribution in [2.45, 2.75) is 26.3 Å². The number of benzene rings is 1. The van der Waals surface area contributed by atoms with Gasteiger partial charge in [-0.05, 0) is 58.1 Å². The van der Waals surface area contributed by atoms with E-state index in [0.29, 0.717) is 35.6 Å². The summed E-state index contributed by atoms with van der Waals surface area (Å²) in [5.41, 5.74) is 2.42. The fraction of sp³-hybridized carbons (Fsp3) is 0.320. The second kappa shape index (κ2) is 9.30. The van der Waals surface area contributed by atoms with Crippen molar-refractivity contribution in [2.75, 3.05) is 27.2 Å². The third-order valence-electron chi connectivity index (χ3n) is 6.18. The summed E-state index contributed by atoms with van der Waals surface area (Å²) in [7, 11) is 3.81. The molecule has 1 aliphatic heterocycles. The summed E-state index contributed by atoms with van der Waals surface area (Å²) in [6.07, 6.45) is 2.31. The maximum atomic E-state index is 13.3. The van der Waals surface area contributed by atoms with Gasteiger partial charge in [-0.1, -0.05) is 18.2 Å². The van der Waals surface area contributed by atoms with Gasteiger partial charge >= 0.3 is 0 Å². The lowest BCUT2D eigenvalue weighted by molar-refractivity contribution is -0.384. The van der Waals surface area contributed by atoms with Gasteiger partial charge in [0.1, 0.15) is 11.3 Å². The molecule has 35 heavy (non-hydrogen) atoms. The van der Waals surface area contributed by atoms with Crippen LogP contribution in [0.4, 0.5) is 5.69 Å². The lowest BCUT2D eigenvalue weighted by Gasteiger charge is -2.25. The normalized spacial score (nSPS) is 17.6. The number of carbonyl (C=O) groups excluding carboxylic acids is 2. The van der Waals surface area contributed by atoms with Crippen LogP contribution in [0.15, 0.2) is 48.2 Å². The molecule has 4 rings (SSSR count). The molecule has 2 aromatic heterocycles. The van der Waals surface area contributed by atoms with Crippen molar-refractivity contribution in [1.29, 1.82) is 0 Å². The number of hydrogen-bond acceptors (Lipinski definition) is 7. The van der Waals surface area contributed by atoms with Crippen LogP contribution in [0.1, 0.15) is 35.0 Å². The Morgan fingerprint density at radius 2 is 1.94 bits per heavy atom. The molecule has 1 amide bonds. The van der Waals surface area contributed by atoms with Gasteiger partial charge in [-0.15, -0.1) is 0 Å². The Morgan fingerprint density at radius 1 is 1.20 bits per heavy atom. The maximum absolute atomic E-state index is 13.3. The average molecular weight is 478 g/mol. The number of aryl methyl sites for hydroxylation is 2. The van der Waals surface area contributed by atoms with Gasteiger partial charge in [-0.2, -0.15) is 0 Å². The number of ketones is 1. The Hall–Kier alpha value is -4.05. The van der Waals surface area contributed by atoms with Crippen LogP contribution < -0.4 is 0 Å². The number of amides is 1. The SMILES string of the molecule is Cc1nc2c(C)cccn2c1C(O)=C1C(=O)C(=O)N(CCCN(C)C)[C@@H]1c1cccc([N+](=O)[O-])c1. The molecular weight excluding hydrogens is 450 g/mol. The summed E-state index contributed by atoms with van der Waals surface area (Å²) in [5.74, 6) is -1.93. The molecule has 0 unspecified atom stereocenters. The standard InChI is InChI=1S/C25H27N5O5/c1-15-8-6-12-28-20(16(2)26-24(15)28)22(31)19-21(17-9-5-10-18(14-17)30(34)35)29(25(33)23(19)32)13-7-11-27(3)4/h5-6,8-10,12,14,21,31H,7,11,13H2,1-4H3/t21-/m1/s1. The Morgan fingerprint density at radius 3 is 2.63 bits per heavy atom. The molecule has 0 spiro atoms. The molecule has 1 N–H and O–H groups in total. The molecule has 0 radical (unpaired) electrons. The number of rotatable bonds is 7. The molecule has 3 aromatic rings. The summed E-state index contributed by atoms with van der Waals surface area (Å²) in [6.45, 7) is 4.53. The van der Waals surface area contributed by atoms with Gasteiger partial charge < -0.3 is 14.9 Å². The van der Waals surface area contributed by atoms with Crippen LogP contribution >= 0.6 is 0 Å². The highest BCUT2D eigenvalue weighted by Crippen LogP contribution is 2.41. The summed E-state index contributed by atoms with van der Waals surface area (Å²) >= 11 is 0. The smallest absolute Gasteiger partial charge is 0.295 e. The minimum absolute atomic E-state index is 0.105. The highest BCUT2D eigenvalue weighted by Gasteiger charge is 2.46. The van der Waals surface area contributed by atoms with E-state index in [1.165, 1.54) is 23.1 Å². The van der Waals surface area contributed by atoms with Gasteiger partial charge in [0, 0.05) is 24.9 Å². The van der Waals surface area contributed by atoms with Crippen molar-refractivity contribution in [2.24, 2.45) is 0 Å². The zero-order valence-corrected chi connectivity index (χ0v) is 20.1. The van der Waals surface area contributed by atoms with Crippen LogP contribution in [-0.4, -0.2) is 68.1 Å². The number of carbonyl (C=O) groups is 2. The number of fused-ring (bicyclic) bond motifs is 1. The summed E-state index contributed by atoms with van der Waals surface area (Å²) in [6, 6.07) is 8.55. The number of aromatic nitrogens is 2. The minimum atomic E-state index is -0.966. The largest absolute Gasteiger partial charge is 0.505 e. The van der Waals surface area contributed by atoms with Crippen molar-refractivity contribution in [1.82, 2.24) is 19.2 Å². The first kappa shape index (κ1) is 24.1. The van der Waals surface area contributed by atoms with Crippen molar-refractivity contribution in [3.8, 4) is 0 Å². The number of Topliss-reactive ketones (excluding diaryl/α,β-unsaturated/α-hetero) is 1. The van der Waals surface area contributed by atoms with E-state index in [1.54, 1.807) is 29.7 Å². The molecule has 0 saturated carbocycles. The van der Waals surface area contributed by atoms with E-state index in [0.717, 1.165) is 5.56 Å². The lowest BCUT2D eigenvalue weighted by atomic mass is 9.96. The number of likely N-dealkylation sites (tertiary alicyclic amines) is 1. The molecular formula is C25H27N5O5. The second-order valence-corrected chi connectivity index (χ2v) is 8.93. The van der Waals surface area contributed by atoms with E-state index >= 15 is 0 Å². The molecule has 10 heteroatoms. The number of non-ortho nitro benzene ring substituents is 1. The van der Waals surface area contributed by atoms with Crippen molar-refractivity contribution in [3.63, 3.8) is 0 Å². The fourth-order valence-corrected chi connectivity index (χ4v) is 4.55. The molecule has 1 saturated heterocycles. The maximum Gasteiger partial charge on any atom is 0.295 e. The number of imidazole rings is 1. The summed E-state index contributed by atoms with van der Waals surface area (Å²) < 4.78 is 1.68. The van der Waals surface area contributed by atoms with Crippen molar-refractivity contribution in [3.05, 3.63) is 80.8 Å². The van der Waals surface area contributed by atoms with Gasteiger partial charge in [0.15, 0.2) is 5.76 Å². The number of nitro groups is 1. The summed E-state index contributed by atoms with van der Waals surface area (Å²) in [5, 5.41) is 22.9. The van der Waals surface area contributed by atoms with Crippen LogP contribution in [0.3, 0.4) is 0 Å².